The van der Waals surface area contributed by atoms with E-state index >= 15 is 0 Å². The second kappa shape index (κ2) is 8.83. The Morgan fingerprint density at radius 1 is 0.903 bits per heavy atom. The lowest BCUT2D eigenvalue weighted by Crippen LogP contribution is -2.12. The highest BCUT2D eigenvalue weighted by atomic mass is 19.1. The van der Waals surface area contributed by atoms with Gasteiger partial charge < -0.3 is 14.8 Å². The van der Waals surface area contributed by atoms with Crippen LogP contribution in [0.3, 0.4) is 0 Å². The average molecular weight is 420 g/mol. The Hall–Kier alpha value is -3.94. The summed E-state index contributed by atoms with van der Waals surface area (Å²) in [5.74, 6) is 0.506. The molecule has 0 unspecified atom stereocenters. The van der Waals surface area contributed by atoms with Crippen LogP contribution in [-0.2, 0) is 0 Å². The van der Waals surface area contributed by atoms with Crippen molar-refractivity contribution in [2.75, 3.05) is 18.5 Å². The number of hydrogen-bond donors (Lipinski definition) is 1. The fourth-order valence-corrected chi connectivity index (χ4v) is 3.09. The van der Waals surface area contributed by atoms with E-state index in [4.69, 9.17) is 9.47 Å². The van der Waals surface area contributed by atoms with Gasteiger partial charge in [0.1, 0.15) is 28.3 Å². The number of amides is 1. The fourth-order valence-electron chi connectivity index (χ4n) is 3.09. The minimum atomic E-state index is -0.327. The molecule has 158 valence electrons. The van der Waals surface area contributed by atoms with E-state index in [0.717, 1.165) is 0 Å². The number of nitrogens with zero attached hydrogens (tertiary/aromatic N) is 3. The second-order valence-electron chi connectivity index (χ2n) is 6.68. The van der Waals surface area contributed by atoms with E-state index in [1.165, 1.54) is 16.9 Å². The van der Waals surface area contributed by atoms with E-state index in [9.17, 15) is 9.18 Å². The summed E-state index contributed by atoms with van der Waals surface area (Å²) in [5, 5.41) is 11.7. The molecule has 3 aromatic carbocycles. The lowest BCUT2D eigenvalue weighted by molar-refractivity contribution is 0.102. The second-order valence-corrected chi connectivity index (χ2v) is 6.68. The summed E-state index contributed by atoms with van der Waals surface area (Å²) < 4.78 is 24.2. The van der Waals surface area contributed by atoms with Gasteiger partial charge >= 0.3 is 0 Å². The zero-order valence-corrected chi connectivity index (χ0v) is 17.1. The van der Waals surface area contributed by atoms with Gasteiger partial charge in [-0.15, -0.1) is 10.2 Å². The maximum Gasteiger partial charge on any atom is 0.255 e. The quantitative estimate of drug-likeness (QED) is 0.472. The largest absolute Gasteiger partial charge is 0.494 e. The molecule has 1 aromatic heterocycles. The van der Waals surface area contributed by atoms with Crippen molar-refractivity contribution in [3.05, 3.63) is 72.0 Å². The number of ether oxygens (including phenoxy) is 2. The lowest BCUT2D eigenvalue weighted by Gasteiger charge is -2.11. The fraction of sp³-hybridized carbons (Fsp3) is 0.174. The maximum atomic E-state index is 13.2. The molecule has 0 saturated carbocycles. The van der Waals surface area contributed by atoms with Gasteiger partial charge in [-0.1, -0.05) is 0 Å². The molecule has 7 nitrogen and oxygen atoms in total. The molecule has 1 heterocycles. The molecular weight excluding hydrogens is 399 g/mol. The van der Waals surface area contributed by atoms with Gasteiger partial charge in [0, 0.05) is 17.3 Å². The Bertz CT molecular complexity index is 1200. The maximum absolute atomic E-state index is 13.2. The monoisotopic (exact) mass is 420 g/mol. The molecule has 0 fully saturated rings. The summed E-state index contributed by atoms with van der Waals surface area (Å²) >= 11 is 0. The smallest absolute Gasteiger partial charge is 0.255 e. The third-order valence-electron chi connectivity index (χ3n) is 4.46. The highest BCUT2D eigenvalue weighted by Gasteiger charge is 2.12. The Labute approximate surface area is 178 Å². The van der Waals surface area contributed by atoms with Crippen LogP contribution < -0.4 is 14.8 Å². The molecule has 4 rings (SSSR count). The molecule has 0 bridgehead atoms. The van der Waals surface area contributed by atoms with E-state index in [2.05, 4.69) is 15.5 Å². The van der Waals surface area contributed by atoms with Crippen LogP contribution in [0.25, 0.3) is 16.7 Å². The van der Waals surface area contributed by atoms with Crippen molar-refractivity contribution >= 4 is 22.6 Å². The number of fused-ring (bicyclic) bond motifs is 1. The number of anilines is 1. The number of rotatable bonds is 7. The van der Waals surface area contributed by atoms with Gasteiger partial charge in [0.2, 0.25) is 0 Å². The number of nitrogens with one attached hydrogen (secondary N) is 1. The average Bonchev–Trinajstić information content (AvgIpc) is 3.18. The molecule has 0 aliphatic carbocycles. The van der Waals surface area contributed by atoms with Crippen LogP contribution in [0.1, 0.15) is 24.2 Å². The standard InChI is InChI=1S/C23H21FN4O3/c1-3-30-19-11-15(12-20(14-19)31-4-2)23(29)25-17-7-10-21-22(13-17)27-28(26-21)18-8-5-16(24)6-9-18/h5-14H,3-4H2,1-2H3,(H,25,29). The number of halogens is 1. The van der Waals surface area contributed by atoms with Gasteiger partial charge in [-0.25, -0.2) is 4.39 Å². The van der Waals surface area contributed by atoms with Crippen molar-refractivity contribution in [1.29, 1.82) is 0 Å². The van der Waals surface area contributed by atoms with Crippen LogP contribution >= 0.6 is 0 Å². The first kappa shape index (κ1) is 20.3. The summed E-state index contributed by atoms with van der Waals surface area (Å²) in [6, 6.07) is 16.2. The number of aromatic nitrogens is 3. The highest BCUT2D eigenvalue weighted by Crippen LogP contribution is 2.25. The van der Waals surface area contributed by atoms with Crippen molar-refractivity contribution in [2.45, 2.75) is 13.8 Å². The Balaban J connectivity index is 1.58. The van der Waals surface area contributed by atoms with Crippen molar-refractivity contribution in [3.8, 4) is 17.2 Å². The van der Waals surface area contributed by atoms with Gasteiger partial charge in [0.25, 0.3) is 5.91 Å². The zero-order valence-electron chi connectivity index (χ0n) is 17.1. The number of hydrogen-bond acceptors (Lipinski definition) is 5. The Morgan fingerprint density at radius 2 is 1.55 bits per heavy atom. The molecule has 31 heavy (non-hydrogen) atoms. The number of carbonyl (C=O) groups excluding carboxylic acids is 1. The first-order valence-corrected chi connectivity index (χ1v) is 9.91. The predicted molar refractivity (Wildman–Crippen MR) is 116 cm³/mol. The Morgan fingerprint density at radius 3 is 2.19 bits per heavy atom. The molecule has 0 atom stereocenters. The van der Waals surface area contributed by atoms with E-state index in [1.807, 2.05) is 13.8 Å². The van der Waals surface area contributed by atoms with E-state index in [0.29, 0.717) is 52.7 Å². The summed E-state index contributed by atoms with van der Waals surface area (Å²) in [5.41, 5.74) is 2.88. The minimum absolute atomic E-state index is 0.298. The third kappa shape index (κ3) is 4.63. The van der Waals surface area contributed by atoms with Gasteiger partial charge in [-0.05, 0) is 68.4 Å². The third-order valence-corrected chi connectivity index (χ3v) is 4.46. The molecule has 0 aliphatic rings. The van der Waals surface area contributed by atoms with Crippen LogP contribution in [0, 0.1) is 5.82 Å². The zero-order chi connectivity index (χ0) is 21.8. The molecular formula is C23H21FN4O3. The molecule has 0 aliphatic heterocycles. The first-order chi connectivity index (χ1) is 15.1. The van der Waals surface area contributed by atoms with E-state index in [-0.39, 0.29) is 11.7 Å². The van der Waals surface area contributed by atoms with E-state index < -0.39 is 0 Å². The van der Waals surface area contributed by atoms with Crippen molar-refractivity contribution in [2.24, 2.45) is 0 Å². The predicted octanol–water partition coefficient (Wildman–Crippen LogP) is 4.61. The van der Waals surface area contributed by atoms with E-state index in [1.54, 1.807) is 48.5 Å². The van der Waals surface area contributed by atoms with Gasteiger partial charge in [0.15, 0.2) is 0 Å². The molecule has 1 N–H and O–H groups in total. The topological polar surface area (TPSA) is 78.3 Å². The summed E-state index contributed by atoms with van der Waals surface area (Å²) in [6.45, 7) is 4.72. The van der Waals surface area contributed by atoms with Crippen molar-refractivity contribution in [3.63, 3.8) is 0 Å². The molecule has 0 radical (unpaired) electrons. The minimum Gasteiger partial charge on any atom is -0.494 e. The molecule has 0 spiro atoms. The molecule has 0 saturated heterocycles. The van der Waals surface area contributed by atoms with Gasteiger partial charge in [0.05, 0.1) is 18.9 Å². The van der Waals surface area contributed by atoms with Crippen LogP contribution in [0.5, 0.6) is 11.5 Å². The summed E-state index contributed by atoms with van der Waals surface area (Å²) in [4.78, 5) is 14.2. The number of carbonyl (C=O) groups is 1. The first-order valence-electron chi connectivity index (χ1n) is 9.91. The molecule has 4 aromatic rings. The summed E-state index contributed by atoms with van der Waals surface area (Å²) in [6.07, 6.45) is 0. The van der Waals surface area contributed by atoms with Crippen LogP contribution in [0.2, 0.25) is 0 Å². The number of benzene rings is 3. The van der Waals surface area contributed by atoms with Crippen LogP contribution in [0.4, 0.5) is 10.1 Å². The molecule has 8 heteroatoms. The normalized spacial score (nSPS) is 10.8. The lowest BCUT2D eigenvalue weighted by atomic mass is 10.1. The van der Waals surface area contributed by atoms with Gasteiger partial charge in [-0.3, -0.25) is 4.79 Å². The molecule has 1 amide bonds. The van der Waals surface area contributed by atoms with Crippen molar-refractivity contribution in [1.82, 2.24) is 15.0 Å². The Kier molecular flexibility index (Phi) is 5.79. The summed E-state index contributed by atoms with van der Waals surface area (Å²) in [7, 11) is 0. The van der Waals surface area contributed by atoms with Crippen LogP contribution in [-0.4, -0.2) is 34.1 Å². The van der Waals surface area contributed by atoms with Crippen molar-refractivity contribution < 1.29 is 18.7 Å². The van der Waals surface area contributed by atoms with Crippen LogP contribution in [0.15, 0.2) is 60.7 Å². The highest BCUT2D eigenvalue weighted by molar-refractivity contribution is 6.05. The SMILES string of the molecule is CCOc1cc(OCC)cc(C(=O)Nc2ccc3nn(-c4ccc(F)cc4)nc3c2)c1. The van der Waals surface area contributed by atoms with Gasteiger partial charge in [-0.2, -0.15) is 4.80 Å².